The van der Waals surface area contributed by atoms with Crippen LogP contribution in [0.2, 0.25) is 0 Å². The van der Waals surface area contributed by atoms with Crippen LogP contribution in [-0.4, -0.2) is 18.8 Å². The van der Waals surface area contributed by atoms with Crippen molar-refractivity contribution in [2.45, 2.75) is 44.9 Å². The summed E-state index contributed by atoms with van der Waals surface area (Å²) in [6.45, 7) is 1.60. The third-order valence-electron chi connectivity index (χ3n) is 3.38. The molecule has 1 atom stereocenters. The molecule has 1 rings (SSSR count). The number of nitrogens with two attached hydrogens (primary N) is 1. The van der Waals surface area contributed by atoms with Crippen molar-refractivity contribution in [2.24, 2.45) is 5.73 Å². The van der Waals surface area contributed by atoms with Crippen molar-refractivity contribution in [1.29, 1.82) is 0 Å². The van der Waals surface area contributed by atoms with Gasteiger partial charge in [0.05, 0.1) is 13.0 Å². The first-order valence-electron chi connectivity index (χ1n) is 6.97. The van der Waals surface area contributed by atoms with Crippen LogP contribution < -0.4 is 10.5 Å². The van der Waals surface area contributed by atoms with Gasteiger partial charge in [0, 0.05) is 6.42 Å². The molecule has 1 aromatic rings. The Morgan fingerprint density at radius 2 is 1.80 bits per heavy atom. The highest BCUT2D eigenvalue weighted by Crippen LogP contribution is 2.24. The second-order valence-electron chi connectivity index (χ2n) is 5.03. The molecule has 0 aliphatic rings. The lowest BCUT2D eigenvalue weighted by Crippen LogP contribution is -2.21. The summed E-state index contributed by atoms with van der Waals surface area (Å²) in [6, 6.07) is 7.43. The fourth-order valence-electron chi connectivity index (χ4n) is 2.21. The fraction of sp³-hybridized carbons (Fsp3) is 0.500. The molecule has 0 saturated heterocycles. The van der Waals surface area contributed by atoms with Gasteiger partial charge in [-0.3, -0.25) is 4.79 Å². The van der Waals surface area contributed by atoms with Crippen LogP contribution in [0, 0.1) is 0 Å². The standard InChI is InChI=1S/C16H23NO3/c1-12(18)6-4-3-5-7-15(16(17)19)13-8-10-14(20-2)11-9-13/h8-11,15H,3-7H2,1-2H3,(H2,17,19). The molecular weight excluding hydrogens is 254 g/mol. The lowest BCUT2D eigenvalue weighted by molar-refractivity contribution is -0.120. The topological polar surface area (TPSA) is 69.4 Å². The first-order valence-corrected chi connectivity index (χ1v) is 6.97. The van der Waals surface area contributed by atoms with Crippen molar-refractivity contribution < 1.29 is 14.3 Å². The third kappa shape index (κ3) is 5.43. The zero-order valence-electron chi connectivity index (χ0n) is 12.2. The number of hydrogen-bond donors (Lipinski definition) is 1. The van der Waals surface area contributed by atoms with Crippen molar-refractivity contribution in [2.75, 3.05) is 7.11 Å². The minimum absolute atomic E-state index is 0.214. The molecule has 0 fully saturated rings. The molecule has 110 valence electrons. The number of hydrogen-bond acceptors (Lipinski definition) is 3. The quantitative estimate of drug-likeness (QED) is 0.706. The minimum Gasteiger partial charge on any atom is -0.497 e. The molecule has 4 heteroatoms. The SMILES string of the molecule is COc1ccc(C(CCCCCC(C)=O)C(N)=O)cc1. The molecular formula is C16H23NO3. The number of methoxy groups -OCH3 is 1. The number of primary amides is 1. The second kappa shape index (κ2) is 8.35. The second-order valence-corrected chi connectivity index (χ2v) is 5.03. The molecule has 1 amide bonds. The molecule has 0 aliphatic carbocycles. The summed E-state index contributed by atoms with van der Waals surface area (Å²) in [7, 11) is 1.61. The minimum atomic E-state index is -0.304. The number of carbonyl (C=O) groups excluding carboxylic acids is 2. The van der Waals surface area contributed by atoms with E-state index in [0.717, 1.165) is 37.0 Å². The third-order valence-corrected chi connectivity index (χ3v) is 3.38. The van der Waals surface area contributed by atoms with Crippen LogP contribution in [0.1, 0.15) is 50.5 Å². The lowest BCUT2D eigenvalue weighted by Gasteiger charge is -2.14. The average molecular weight is 277 g/mol. The van der Waals surface area contributed by atoms with E-state index in [1.807, 2.05) is 24.3 Å². The summed E-state index contributed by atoms with van der Waals surface area (Å²) in [4.78, 5) is 22.4. The molecule has 0 heterocycles. The van der Waals surface area contributed by atoms with Gasteiger partial charge in [-0.1, -0.05) is 25.0 Å². The summed E-state index contributed by atoms with van der Waals surface area (Å²) < 4.78 is 5.10. The molecule has 20 heavy (non-hydrogen) atoms. The molecule has 0 bridgehead atoms. The van der Waals surface area contributed by atoms with E-state index in [-0.39, 0.29) is 17.6 Å². The number of rotatable bonds is 9. The van der Waals surface area contributed by atoms with Crippen molar-refractivity contribution in [3.8, 4) is 5.75 Å². The number of ketones is 1. The molecule has 0 aromatic heterocycles. The van der Waals surface area contributed by atoms with Crippen molar-refractivity contribution in [1.82, 2.24) is 0 Å². The van der Waals surface area contributed by atoms with Gasteiger partial charge in [-0.2, -0.15) is 0 Å². The maximum atomic E-state index is 11.6. The zero-order chi connectivity index (χ0) is 15.0. The lowest BCUT2D eigenvalue weighted by atomic mass is 9.92. The Morgan fingerprint density at radius 1 is 1.15 bits per heavy atom. The Morgan fingerprint density at radius 3 is 2.30 bits per heavy atom. The van der Waals surface area contributed by atoms with E-state index in [1.165, 1.54) is 0 Å². The number of unbranched alkanes of at least 4 members (excludes halogenated alkanes) is 2. The van der Waals surface area contributed by atoms with E-state index < -0.39 is 0 Å². The Labute approximate surface area is 120 Å². The molecule has 0 spiro atoms. The Balaban J connectivity index is 2.51. The number of carbonyl (C=O) groups is 2. The highest BCUT2D eigenvalue weighted by molar-refractivity contribution is 5.81. The van der Waals surface area contributed by atoms with Crippen LogP contribution in [0.25, 0.3) is 0 Å². The van der Waals surface area contributed by atoms with Crippen molar-refractivity contribution in [3.05, 3.63) is 29.8 Å². The number of ether oxygens (including phenoxy) is 1. The van der Waals surface area contributed by atoms with Gasteiger partial charge >= 0.3 is 0 Å². The first kappa shape index (κ1) is 16.2. The predicted octanol–water partition coefficient (Wildman–Crippen LogP) is 2.80. The van der Waals surface area contributed by atoms with E-state index in [1.54, 1.807) is 14.0 Å². The zero-order valence-corrected chi connectivity index (χ0v) is 12.2. The van der Waals surface area contributed by atoms with Gasteiger partial charge in [0.2, 0.25) is 5.91 Å². The van der Waals surface area contributed by atoms with Gasteiger partial charge in [0.15, 0.2) is 0 Å². The van der Waals surface area contributed by atoms with Crippen LogP contribution in [-0.2, 0) is 9.59 Å². The van der Waals surface area contributed by atoms with Gasteiger partial charge in [-0.15, -0.1) is 0 Å². The molecule has 4 nitrogen and oxygen atoms in total. The Bertz CT molecular complexity index is 440. The highest BCUT2D eigenvalue weighted by atomic mass is 16.5. The van der Waals surface area contributed by atoms with Gasteiger partial charge in [-0.25, -0.2) is 0 Å². The van der Waals surface area contributed by atoms with Gasteiger partial charge in [0.1, 0.15) is 11.5 Å². The first-order chi connectivity index (χ1) is 9.54. The molecule has 0 aliphatic heterocycles. The van der Waals surface area contributed by atoms with Crippen molar-refractivity contribution in [3.63, 3.8) is 0 Å². The molecule has 1 unspecified atom stereocenters. The maximum Gasteiger partial charge on any atom is 0.224 e. The summed E-state index contributed by atoms with van der Waals surface area (Å²) >= 11 is 0. The molecule has 0 radical (unpaired) electrons. The van der Waals surface area contributed by atoms with Crippen LogP contribution in [0.3, 0.4) is 0 Å². The monoisotopic (exact) mass is 277 g/mol. The smallest absolute Gasteiger partial charge is 0.224 e. The largest absolute Gasteiger partial charge is 0.497 e. The summed E-state index contributed by atoms with van der Waals surface area (Å²) in [5.74, 6) is 0.407. The van der Waals surface area contributed by atoms with E-state index in [0.29, 0.717) is 6.42 Å². The number of amides is 1. The normalized spacial score (nSPS) is 11.9. The Kier molecular flexibility index (Phi) is 6.77. The molecule has 0 saturated carbocycles. The van der Waals surface area contributed by atoms with E-state index in [9.17, 15) is 9.59 Å². The summed E-state index contributed by atoms with van der Waals surface area (Å²) in [6.07, 6.45) is 4.05. The average Bonchev–Trinajstić information content (AvgIpc) is 2.42. The van der Waals surface area contributed by atoms with E-state index in [4.69, 9.17) is 10.5 Å². The number of Topliss-reactive ketones (excluding diaryl/α,β-unsaturated/α-hetero) is 1. The molecule has 1 aromatic carbocycles. The Hall–Kier alpha value is -1.84. The van der Waals surface area contributed by atoms with Gasteiger partial charge in [-0.05, 0) is 37.5 Å². The van der Waals surface area contributed by atoms with Crippen LogP contribution >= 0.6 is 0 Å². The van der Waals surface area contributed by atoms with E-state index in [2.05, 4.69) is 0 Å². The van der Waals surface area contributed by atoms with Crippen LogP contribution in [0.5, 0.6) is 5.75 Å². The summed E-state index contributed by atoms with van der Waals surface area (Å²) in [5.41, 5.74) is 6.40. The highest BCUT2D eigenvalue weighted by Gasteiger charge is 2.17. The fourth-order valence-corrected chi connectivity index (χ4v) is 2.21. The predicted molar refractivity (Wildman–Crippen MR) is 78.7 cm³/mol. The van der Waals surface area contributed by atoms with Gasteiger partial charge in [0.25, 0.3) is 0 Å². The summed E-state index contributed by atoms with van der Waals surface area (Å²) in [5, 5.41) is 0. The van der Waals surface area contributed by atoms with Gasteiger partial charge < -0.3 is 15.3 Å². The van der Waals surface area contributed by atoms with Crippen molar-refractivity contribution >= 4 is 11.7 Å². The maximum absolute atomic E-state index is 11.6. The number of benzene rings is 1. The van der Waals surface area contributed by atoms with Crippen LogP contribution in [0.15, 0.2) is 24.3 Å². The van der Waals surface area contributed by atoms with E-state index >= 15 is 0 Å². The van der Waals surface area contributed by atoms with Crippen LogP contribution in [0.4, 0.5) is 0 Å². The molecule has 2 N–H and O–H groups in total.